The minimum atomic E-state index is -0.474. The number of halogens is 1. The highest BCUT2D eigenvalue weighted by atomic mass is 19.1. The Labute approximate surface area is 117 Å². The molecule has 1 aromatic carbocycles. The highest BCUT2D eigenvalue weighted by Gasteiger charge is 2.08. The van der Waals surface area contributed by atoms with Gasteiger partial charge < -0.3 is 21.2 Å². The van der Waals surface area contributed by atoms with E-state index in [1.807, 2.05) is 6.92 Å². The zero-order chi connectivity index (χ0) is 15.1. The maximum atomic E-state index is 13.8. The lowest BCUT2D eigenvalue weighted by atomic mass is 10.1. The van der Waals surface area contributed by atoms with Gasteiger partial charge in [-0.25, -0.2) is 4.39 Å². The molecule has 1 rings (SSSR count). The molecule has 1 amide bonds. The number of carbonyl (C=O) groups is 1. The smallest absolute Gasteiger partial charge is 0.236 e. The molecule has 0 spiro atoms. The van der Waals surface area contributed by atoms with Crippen LogP contribution in [-0.4, -0.2) is 42.0 Å². The summed E-state index contributed by atoms with van der Waals surface area (Å²) in [6, 6.07) is 4.27. The maximum Gasteiger partial charge on any atom is 0.236 e. The molecule has 0 saturated heterocycles. The van der Waals surface area contributed by atoms with Crippen molar-refractivity contribution in [2.45, 2.75) is 13.5 Å². The summed E-state index contributed by atoms with van der Waals surface area (Å²) in [5.74, 6) is -0.678. The van der Waals surface area contributed by atoms with Gasteiger partial charge in [-0.15, -0.1) is 0 Å². The molecule has 0 unspecified atom stereocenters. The molecule has 0 atom stereocenters. The molecule has 0 aromatic heterocycles. The topological polar surface area (TPSA) is 91.0 Å². The van der Waals surface area contributed by atoms with Crippen molar-refractivity contribution in [1.29, 1.82) is 0 Å². The predicted molar refractivity (Wildman–Crippen MR) is 73.9 cm³/mol. The van der Waals surface area contributed by atoms with Gasteiger partial charge in [-0.1, -0.05) is 17.3 Å². The number of benzene rings is 1. The number of likely N-dealkylation sites (N-methyl/N-ethyl adjacent to an activating group) is 1. The van der Waals surface area contributed by atoms with Crippen LogP contribution in [0.2, 0.25) is 0 Å². The van der Waals surface area contributed by atoms with E-state index < -0.39 is 5.82 Å². The first kappa shape index (κ1) is 15.9. The van der Waals surface area contributed by atoms with E-state index in [2.05, 4.69) is 10.5 Å². The van der Waals surface area contributed by atoms with Crippen molar-refractivity contribution < 1.29 is 14.4 Å². The third kappa shape index (κ3) is 4.20. The molecule has 110 valence electrons. The molecule has 1 aromatic rings. The largest absolute Gasteiger partial charge is 0.409 e. The fourth-order valence-corrected chi connectivity index (χ4v) is 1.52. The van der Waals surface area contributed by atoms with E-state index in [9.17, 15) is 9.18 Å². The van der Waals surface area contributed by atoms with E-state index in [0.29, 0.717) is 17.7 Å². The van der Waals surface area contributed by atoms with E-state index in [-0.39, 0.29) is 24.8 Å². The van der Waals surface area contributed by atoms with Crippen molar-refractivity contribution in [2.24, 2.45) is 10.9 Å². The number of hydrogen-bond acceptors (Lipinski definition) is 4. The summed E-state index contributed by atoms with van der Waals surface area (Å²) < 4.78 is 13.8. The number of oxime groups is 1. The van der Waals surface area contributed by atoms with Crippen molar-refractivity contribution in [3.63, 3.8) is 0 Å². The summed E-state index contributed by atoms with van der Waals surface area (Å²) in [5, 5.41) is 14.2. The van der Waals surface area contributed by atoms with Crippen LogP contribution in [0.15, 0.2) is 23.4 Å². The second-order valence-corrected chi connectivity index (χ2v) is 4.30. The Balaban J connectivity index is 2.59. The number of rotatable bonds is 6. The van der Waals surface area contributed by atoms with Crippen LogP contribution in [0.5, 0.6) is 0 Å². The maximum absolute atomic E-state index is 13.8. The molecule has 7 heteroatoms. The number of amidine groups is 1. The molecule has 0 aliphatic heterocycles. The number of carbonyl (C=O) groups excluding carboxylic acids is 1. The Morgan fingerprint density at radius 3 is 2.80 bits per heavy atom. The van der Waals surface area contributed by atoms with Gasteiger partial charge in [0.2, 0.25) is 5.91 Å². The summed E-state index contributed by atoms with van der Waals surface area (Å²) in [4.78, 5) is 13.1. The zero-order valence-corrected chi connectivity index (χ0v) is 11.6. The Bertz CT molecular complexity index is 505. The van der Waals surface area contributed by atoms with Crippen LogP contribution in [-0.2, 0) is 11.3 Å². The average Bonchev–Trinajstić information content (AvgIpc) is 2.46. The Hall–Kier alpha value is -2.15. The highest BCUT2D eigenvalue weighted by Crippen LogP contribution is 2.10. The van der Waals surface area contributed by atoms with Crippen molar-refractivity contribution in [3.8, 4) is 0 Å². The summed E-state index contributed by atoms with van der Waals surface area (Å²) in [6.45, 7) is 2.88. The van der Waals surface area contributed by atoms with Gasteiger partial charge in [0.25, 0.3) is 0 Å². The second kappa shape index (κ2) is 7.44. The number of amides is 1. The minimum Gasteiger partial charge on any atom is -0.409 e. The Kier molecular flexibility index (Phi) is 5.92. The third-order valence-electron chi connectivity index (χ3n) is 2.95. The number of nitrogens with two attached hydrogens (primary N) is 1. The van der Waals surface area contributed by atoms with E-state index in [4.69, 9.17) is 10.9 Å². The van der Waals surface area contributed by atoms with Crippen LogP contribution in [0, 0.1) is 5.82 Å². The molecular weight excluding hydrogens is 263 g/mol. The second-order valence-electron chi connectivity index (χ2n) is 4.30. The van der Waals surface area contributed by atoms with Crippen LogP contribution >= 0.6 is 0 Å². The first-order valence-electron chi connectivity index (χ1n) is 6.20. The van der Waals surface area contributed by atoms with Gasteiger partial charge in [-0.2, -0.15) is 0 Å². The number of hydrogen-bond donors (Lipinski definition) is 3. The summed E-state index contributed by atoms with van der Waals surface area (Å²) in [6.07, 6.45) is 0. The first-order chi connectivity index (χ1) is 9.49. The molecule has 0 bridgehead atoms. The van der Waals surface area contributed by atoms with Gasteiger partial charge in [0.1, 0.15) is 5.82 Å². The molecule has 0 aliphatic rings. The van der Waals surface area contributed by atoms with E-state index in [1.165, 1.54) is 12.1 Å². The standard InChI is InChI=1S/C13H19FN4O2/c1-3-18(2)12(19)8-16-7-10-5-4-9(6-11(10)14)13(15)17-20/h4-6,16,20H,3,7-8H2,1-2H3,(H2,15,17). The quantitative estimate of drug-likeness (QED) is 0.306. The van der Waals surface area contributed by atoms with Crippen molar-refractivity contribution >= 4 is 11.7 Å². The first-order valence-corrected chi connectivity index (χ1v) is 6.20. The van der Waals surface area contributed by atoms with Crippen LogP contribution in [0.25, 0.3) is 0 Å². The van der Waals surface area contributed by atoms with Gasteiger partial charge in [0.05, 0.1) is 6.54 Å². The number of nitrogens with zero attached hydrogens (tertiary/aromatic N) is 2. The summed E-state index contributed by atoms with van der Waals surface area (Å²) in [5.41, 5.74) is 6.08. The van der Waals surface area contributed by atoms with Crippen LogP contribution < -0.4 is 11.1 Å². The van der Waals surface area contributed by atoms with Gasteiger partial charge in [-0.3, -0.25) is 4.79 Å². The fourth-order valence-electron chi connectivity index (χ4n) is 1.52. The lowest BCUT2D eigenvalue weighted by Crippen LogP contribution is -2.35. The van der Waals surface area contributed by atoms with E-state index in [0.717, 1.165) is 0 Å². The number of nitrogens with one attached hydrogen (secondary N) is 1. The average molecular weight is 282 g/mol. The molecule has 0 radical (unpaired) electrons. The SMILES string of the molecule is CCN(C)C(=O)CNCc1ccc(/C(N)=N/O)cc1F. The fraction of sp³-hybridized carbons (Fsp3) is 0.385. The molecule has 4 N–H and O–H groups in total. The van der Waals surface area contributed by atoms with Gasteiger partial charge in [-0.05, 0) is 13.0 Å². The van der Waals surface area contributed by atoms with E-state index >= 15 is 0 Å². The van der Waals surface area contributed by atoms with Crippen molar-refractivity contribution in [2.75, 3.05) is 20.1 Å². The minimum absolute atomic E-state index is 0.0545. The molecule has 0 saturated carbocycles. The molecular formula is C13H19FN4O2. The van der Waals surface area contributed by atoms with Crippen LogP contribution in [0.3, 0.4) is 0 Å². The van der Waals surface area contributed by atoms with Crippen LogP contribution in [0.1, 0.15) is 18.1 Å². The monoisotopic (exact) mass is 282 g/mol. The zero-order valence-electron chi connectivity index (χ0n) is 11.6. The Morgan fingerprint density at radius 1 is 1.55 bits per heavy atom. The van der Waals surface area contributed by atoms with Crippen LogP contribution in [0.4, 0.5) is 4.39 Å². The predicted octanol–water partition coefficient (Wildman–Crippen LogP) is 0.488. The molecule has 20 heavy (non-hydrogen) atoms. The lowest BCUT2D eigenvalue weighted by molar-refractivity contribution is -0.128. The van der Waals surface area contributed by atoms with Gasteiger partial charge >= 0.3 is 0 Å². The highest BCUT2D eigenvalue weighted by molar-refractivity contribution is 5.97. The molecule has 6 nitrogen and oxygen atoms in total. The van der Waals surface area contributed by atoms with Crippen molar-refractivity contribution in [3.05, 3.63) is 35.1 Å². The van der Waals surface area contributed by atoms with E-state index in [1.54, 1.807) is 18.0 Å². The molecule has 0 heterocycles. The normalized spacial score (nSPS) is 11.4. The Morgan fingerprint density at radius 2 is 2.25 bits per heavy atom. The van der Waals surface area contributed by atoms with Gasteiger partial charge in [0.15, 0.2) is 5.84 Å². The lowest BCUT2D eigenvalue weighted by Gasteiger charge is -2.15. The van der Waals surface area contributed by atoms with Gasteiger partial charge in [0, 0.05) is 31.3 Å². The summed E-state index contributed by atoms with van der Waals surface area (Å²) >= 11 is 0. The third-order valence-corrected chi connectivity index (χ3v) is 2.95. The molecule has 0 fully saturated rings. The molecule has 0 aliphatic carbocycles. The summed E-state index contributed by atoms with van der Waals surface area (Å²) in [7, 11) is 1.70. The van der Waals surface area contributed by atoms with Crippen molar-refractivity contribution in [1.82, 2.24) is 10.2 Å².